The lowest BCUT2D eigenvalue weighted by Gasteiger charge is -2.03. The molecular formula is C15H13N3O4. The Morgan fingerprint density at radius 3 is 2.50 bits per heavy atom. The van der Waals surface area contributed by atoms with E-state index in [0.29, 0.717) is 16.8 Å². The zero-order chi connectivity index (χ0) is 16.1. The van der Waals surface area contributed by atoms with E-state index >= 15 is 0 Å². The molecule has 0 heterocycles. The third kappa shape index (κ3) is 3.66. The molecule has 0 saturated carbocycles. The summed E-state index contributed by atoms with van der Waals surface area (Å²) in [5, 5.41) is 23.8. The lowest BCUT2D eigenvalue weighted by atomic mass is 10.1. The van der Waals surface area contributed by atoms with Gasteiger partial charge in [-0.25, -0.2) is 5.43 Å². The number of rotatable bonds is 4. The summed E-state index contributed by atoms with van der Waals surface area (Å²) < 4.78 is 0. The van der Waals surface area contributed by atoms with Gasteiger partial charge in [0.1, 0.15) is 5.75 Å². The highest BCUT2D eigenvalue weighted by molar-refractivity contribution is 6.01. The van der Waals surface area contributed by atoms with Gasteiger partial charge < -0.3 is 5.11 Å². The molecule has 0 aliphatic carbocycles. The molecule has 2 rings (SSSR count). The number of phenols is 1. The van der Waals surface area contributed by atoms with Crippen LogP contribution < -0.4 is 5.43 Å². The van der Waals surface area contributed by atoms with Crippen LogP contribution in [-0.4, -0.2) is 21.6 Å². The summed E-state index contributed by atoms with van der Waals surface area (Å²) in [5.74, 6) is -0.377. The van der Waals surface area contributed by atoms with Gasteiger partial charge in [-0.3, -0.25) is 14.9 Å². The summed E-state index contributed by atoms with van der Waals surface area (Å²) in [7, 11) is 0. The molecule has 0 aliphatic rings. The van der Waals surface area contributed by atoms with Gasteiger partial charge in [0.2, 0.25) is 0 Å². The van der Waals surface area contributed by atoms with Crippen LogP contribution in [0.3, 0.4) is 0 Å². The molecule has 1 amide bonds. The molecule has 0 unspecified atom stereocenters. The highest BCUT2D eigenvalue weighted by Crippen LogP contribution is 2.14. The van der Waals surface area contributed by atoms with E-state index in [0.717, 1.165) is 0 Å². The Labute approximate surface area is 126 Å². The second kappa shape index (κ2) is 6.49. The minimum atomic E-state index is -0.494. The van der Waals surface area contributed by atoms with Crippen LogP contribution in [0.25, 0.3) is 0 Å². The van der Waals surface area contributed by atoms with Gasteiger partial charge in [-0.15, -0.1) is 0 Å². The molecule has 0 fully saturated rings. The summed E-state index contributed by atoms with van der Waals surface area (Å²) in [6.07, 6.45) is 0. The van der Waals surface area contributed by atoms with Gasteiger partial charge in [-0.1, -0.05) is 12.1 Å². The number of benzene rings is 2. The Balaban J connectivity index is 2.12. The van der Waals surface area contributed by atoms with Crippen LogP contribution in [0.4, 0.5) is 5.69 Å². The monoisotopic (exact) mass is 299 g/mol. The zero-order valence-electron chi connectivity index (χ0n) is 11.7. The lowest BCUT2D eigenvalue weighted by Crippen LogP contribution is -2.19. The highest BCUT2D eigenvalue weighted by atomic mass is 16.6. The SMILES string of the molecule is C/C(=N\NC(=O)c1ccc(O)cc1)c1cccc([N+](=O)[O-])c1. The Kier molecular flexibility index (Phi) is 4.47. The van der Waals surface area contributed by atoms with Crippen molar-refractivity contribution in [2.75, 3.05) is 0 Å². The number of hydrazone groups is 1. The van der Waals surface area contributed by atoms with Crippen LogP contribution in [-0.2, 0) is 0 Å². The first kappa shape index (κ1) is 15.2. The molecule has 7 nitrogen and oxygen atoms in total. The van der Waals surface area contributed by atoms with Crippen molar-refractivity contribution >= 4 is 17.3 Å². The van der Waals surface area contributed by atoms with Crippen molar-refractivity contribution in [2.45, 2.75) is 6.92 Å². The molecule has 0 aromatic heterocycles. The van der Waals surface area contributed by atoms with Gasteiger partial charge in [-0.05, 0) is 31.2 Å². The predicted octanol–water partition coefficient (Wildman–Crippen LogP) is 2.45. The fraction of sp³-hybridized carbons (Fsp3) is 0.0667. The summed E-state index contributed by atoms with van der Waals surface area (Å²) in [6.45, 7) is 1.64. The molecule has 0 radical (unpaired) electrons. The Bertz CT molecular complexity index is 739. The number of hydrogen-bond donors (Lipinski definition) is 2. The van der Waals surface area contributed by atoms with Crippen molar-refractivity contribution in [3.63, 3.8) is 0 Å². The fourth-order valence-electron chi connectivity index (χ4n) is 1.72. The second-order valence-corrected chi connectivity index (χ2v) is 4.49. The molecule has 2 aromatic carbocycles. The van der Waals surface area contributed by atoms with E-state index < -0.39 is 10.8 Å². The minimum absolute atomic E-state index is 0.0445. The standard InChI is InChI=1S/C15H13N3O4/c1-10(12-3-2-4-13(9-12)18(21)22)16-17-15(20)11-5-7-14(19)8-6-11/h2-9,19H,1H3,(H,17,20)/b16-10+. The van der Waals surface area contributed by atoms with Crippen molar-refractivity contribution in [3.8, 4) is 5.75 Å². The maximum absolute atomic E-state index is 11.9. The van der Waals surface area contributed by atoms with Crippen LogP contribution in [0.5, 0.6) is 5.75 Å². The van der Waals surface area contributed by atoms with Gasteiger partial charge in [0.15, 0.2) is 0 Å². The van der Waals surface area contributed by atoms with Gasteiger partial charge in [0.05, 0.1) is 10.6 Å². The fourth-order valence-corrected chi connectivity index (χ4v) is 1.72. The summed E-state index contributed by atoms with van der Waals surface area (Å²) in [5.41, 5.74) is 3.64. The number of non-ortho nitro benzene ring substituents is 1. The first-order valence-electron chi connectivity index (χ1n) is 6.36. The van der Waals surface area contributed by atoms with Gasteiger partial charge in [0, 0.05) is 23.3 Å². The first-order valence-corrected chi connectivity index (χ1v) is 6.36. The van der Waals surface area contributed by atoms with Gasteiger partial charge in [-0.2, -0.15) is 5.10 Å². The van der Waals surface area contributed by atoms with Crippen LogP contribution >= 0.6 is 0 Å². The molecule has 0 atom stereocenters. The summed E-state index contributed by atoms with van der Waals surface area (Å²) >= 11 is 0. The smallest absolute Gasteiger partial charge is 0.271 e. The topological polar surface area (TPSA) is 105 Å². The molecule has 7 heteroatoms. The molecule has 22 heavy (non-hydrogen) atoms. The highest BCUT2D eigenvalue weighted by Gasteiger charge is 2.08. The third-order valence-corrected chi connectivity index (χ3v) is 2.93. The number of phenolic OH excluding ortho intramolecular Hbond substituents is 1. The average molecular weight is 299 g/mol. The number of carbonyl (C=O) groups is 1. The van der Waals surface area contributed by atoms with Crippen LogP contribution in [0, 0.1) is 10.1 Å². The van der Waals surface area contributed by atoms with E-state index in [4.69, 9.17) is 5.11 Å². The molecular weight excluding hydrogens is 286 g/mol. The molecule has 0 spiro atoms. The van der Waals surface area contributed by atoms with E-state index in [1.165, 1.54) is 36.4 Å². The largest absolute Gasteiger partial charge is 0.508 e. The predicted molar refractivity (Wildman–Crippen MR) is 80.9 cm³/mol. The summed E-state index contributed by atoms with van der Waals surface area (Å²) in [6, 6.07) is 11.7. The van der Waals surface area contributed by atoms with Crippen molar-refractivity contribution in [3.05, 3.63) is 69.8 Å². The van der Waals surface area contributed by atoms with Crippen LogP contribution in [0.1, 0.15) is 22.8 Å². The maximum atomic E-state index is 11.9. The van der Waals surface area contributed by atoms with Crippen LogP contribution in [0.15, 0.2) is 53.6 Å². The number of nitro groups is 1. The second-order valence-electron chi connectivity index (χ2n) is 4.49. The maximum Gasteiger partial charge on any atom is 0.271 e. The van der Waals surface area contributed by atoms with Crippen molar-refractivity contribution in [2.24, 2.45) is 5.10 Å². The van der Waals surface area contributed by atoms with Crippen molar-refractivity contribution in [1.29, 1.82) is 0 Å². The zero-order valence-corrected chi connectivity index (χ0v) is 11.7. The Hall–Kier alpha value is -3.22. The summed E-state index contributed by atoms with van der Waals surface area (Å²) in [4.78, 5) is 22.1. The van der Waals surface area contributed by atoms with E-state index in [-0.39, 0.29) is 11.4 Å². The minimum Gasteiger partial charge on any atom is -0.508 e. The molecule has 0 bridgehead atoms. The number of carbonyl (C=O) groups excluding carboxylic acids is 1. The Morgan fingerprint density at radius 2 is 1.86 bits per heavy atom. The third-order valence-electron chi connectivity index (χ3n) is 2.93. The number of nitrogens with zero attached hydrogens (tertiary/aromatic N) is 2. The quantitative estimate of drug-likeness (QED) is 0.514. The average Bonchev–Trinajstić information content (AvgIpc) is 2.53. The number of nitrogens with one attached hydrogen (secondary N) is 1. The number of hydrogen-bond acceptors (Lipinski definition) is 5. The number of amides is 1. The van der Waals surface area contributed by atoms with Gasteiger partial charge >= 0.3 is 0 Å². The van der Waals surface area contributed by atoms with E-state index in [1.807, 2.05) is 0 Å². The van der Waals surface area contributed by atoms with Gasteiger partial charge in [0.25, 0.3) is 11.6 Å². The van der Waals surface area contributed by atoms with Crippen molar-refractivity contribution in [1.82, 2.24) is 5.43 Å². The first-order chi connectivity index (χ1) is 10.5. The van der Waals surface area contributed by atoms with E-state index in [1.54, 1.807) is 19.1 Å². The van der Waals surface area contributed by atoms with Crippen molar-refractivity contribution < 1.29 is 14.8 Å². The van der Waals surface area contributed by atoms with Crippen LogP contribution in [0.2, 0.25) is 0 Å². The molecule has 2 aromatic rings. The number of nitro benzene ring substituents is 1. The van der Waals surface area contributed by atoms with E-state index in [2.05, 4.69) is 10.5 Å². The molecule has 0 aliphatic heterocycles. The molecule has 2 N–H and O–H groups in total. The van der Waals surface area contributed by atoms with E-state index in [9.17, 15) is 14.9 Å². The number of aromatic hydroxyl groups is 1. The molecule has 112 valence electrons. The normalized spacial score (nSPS) is 11.0. The molecule has 0 saturated heterocycles. The lowest BCUT2D eigenvalue weighted by molar-refractivity contribution is -0.384. The Morgan fingerprint density at radius 1 is 1.18 bits per heavy atom.